The molecule has 2 heterocycles. The Morgan fingerprint density at radius 3 is 2.39 bits per heavy atom. The van der Waals surface area contributed by atoms with Crippen molar-refractivity contribution in [1.29, 1.82) is 0 Å². The number of aryl methyl sites for hydroxylation is 3. The Bertz CT molecular complexity index is 980. The molecule has 0 unspecified atom stereocenters. The van der Waals surface area contributed by atoms with Crippen LogP contribution in [0, 0.1) is 20.8 Å². The highest BCUT2D eigenvalue weighted by Crippen LogP contribution is 2.29. The fourth-order valence-corrected chi connectivity index (χ4v) is 3.94. The zero-order chi connectivity index (χ0) is 19.7. The topological polar surface area (TPSA) is 59.2 Å². The number of piperidine rings is 1. The SMILES string of the molecule is Cc1cc(C)cc(C(=O)N2CCC(c3noc(-c4ccccc4C)n3)CC2)c1. The lowest BCUT2D eigenvalue weighted by atomic mass is 9.95. The molecule has 0 N–H and O–H groups in total. The van der Waals surface area contributed by atoms with E-state index < -0.39 is 0 Å². The smallest absolute Gasteiger partial charge is 0.258 e. The van der Waals surface area contributed by atoms with Crippen LogP contribution in [-0.2, 0) is 0 Å². The highest BCUT2D eigenvalue weighted by molar-refractivity contribution is 5.94. The minimum Gasteiger partial charge on any atom is -0.339 e. The van der Waals surface area contributed by atoms with E-state index in [1.165, 1.54) is 0 Å². The molecule has 1 aromatic heterocycles. The van der Waals surface area contributed by atoms with Gasteiger partial charge < -0.3 is 9.42 Å². The Kier molecular flexibility index (Phi) is 4.99. The van der Waals surface area contributed by atoms with Crippen LogP contribution in [0.4, 0.5) is 0 Å². The summed E-state index contributed by atoms with van der Waals surface area (Å²) >= 11 is 0. The molecule has 5 nitrogen and oxygen atoms in total. The van der Waals surface area contributed by atoms with Gasteiger partial charge >= 0.3 is 0 Å². The Labute approximate surface area is 165 Å². The third kappa shape index (κ3) is 3.70. The molecule has 0 spiro atoms. The van der Waals surface area contributed by atoms with Crippen LogP contribution in [0.3, 0.4) is 0 Å². The lowest BCUT2D eigenvalue weighted by Gasteiger charge is -2.30. The molecule has 0 radical (unpaired) electrons. The van der Waals surface area contributed by atoms with E-state index in [1.807, 2.05) is 62.1 Å². The summed E-state index contributed by atoms with van der Waals surface area (Å²) in [6, 6.07) is 14.0. The fraction of sp³-hybridized carbons (Fsp3) is 0.348. The molecule has 1 aliphatic rings. The molecule has 2 aromatic carbocycles. The van der Waals surface area contributed by atoms with E-state index in [4.69, 9.17) is 4.52 Å². The quantitative estimate of drug-likeness (QED) is 0.667. The summed E-state index contributed by atoms with van der Waals surface area (Å²) in [6.07, 6.45) is 1.70. The van der Waals surface area contributed by atoms with Gasteiger partial charge in [-0.2, -0.15) is 4.98 Å². The average Bonchev–Trinajstić information content (AvgIpc) is 3.17. The molecule has 1 fully saturated rings. The number of aromatic nitrogens is 2. The molecule has 0 aliphatic carbocycles. The van der Waals surface area contributed by atoms with Crippen molar-refractivity contribution in [3.05, 3.63) is 70.5 Å². The van der Waals surface area contributed by atoms with Crippen LogP contribution in [0.1, 0.15) is 51.6 Å². The van der Waals surface area contributed by atoms with Crippen molar-refractivity contribution in [3.63, 3.8) is 0 Å². The zero-order valence-electron chi connectivity index (χ0n) is 16.6. The minimum absolute atomic E-state index is 0.110. The van der Waals surface area contributed by atoms with E-state index >= 15 is 0 Å². The standard InChI is InChI=1S/C23H25N3O2/c1-15-12-16(2)14-19(13-15)23(27)26-10-8-18(9-11-26)21-24-22(28-25-21)20-7-5-4-6-17(20)3/h4-7,12-14,18H,8-11H2,1-3H3. The predicted molar refractivity (Wildman–Crippen MR) is 108 cm³/mol. The van der Waals surface area contributed by atoms with Crippen molar-refractivity contribution >= 4 is 5.91 Å². The maximum atomic E-state index is 12.9. The van der Waals surface area contributed by atoms with Gasteiger partial charge in [-0.25, -0.2) is 0 Å². The first-order valence-electron chi connectivity index (χ1n) is 9.78. The molecule has 3 aromatic rings. The largest absolute Gasteiger partial charge is 0.339 e. The molecule has 1 aliphatic heterocycles. The second-order valence-electron chi connectivity index (χ2n) is 7.72. The molecule has 4 rings (SSSR count). The predicted octanol–water partition coefficient (Wildman–Crippen LogP) is 4.68. The number of nitrogens with zero attached hydrogens (tertiary/aromatic N) is 3. The molecule has 0 atom stereocenters. The molecule has 0 saturated carbocycles. The van der Waals surface area contributed by atoms with Crippen LogP contribution < -0.4 is 0 Å². The van der Waals surface area contributed by atoms with Crippen LogP contribution in [0.5, 0.6) is 0 Å². The summed E-state index contributed by atoms with van der Waals surface area (Å²) in [5.41, 5.74) is 5.11. The van der Waals surface area contributed by atoms with Gasteiger partial charge in [0.05, 0.1) is 0 Å². The van der Waals surface area contributed by atoms with Gasteiger partial charge in [0.1, 0.15) is 0 Å². The first-order chi connectivity index (χ1) is 13.5. The third-order valence-corrected chi connectivity index (χ3v) is 5.43. The second kappa shape index (κ2) is 7.58. The van der Waals surface area contributed by atoms with E-state index in [0.29, 0.717) is 19.0 Å². The Morgan fingerprint density at radius 1 is 1.04 bits per heavy atom. The lowest BCUT2D eigenvalue weighted by Crippen LogP contribution is -2.38. The van der Waals surface area contributed by atoms with Crippen molar-refractivity contribution < 1.29 is 9.32 Å². The molecule has 5 heteroatoms. The van der Waals surface area contributed by atoms with Gasteiger partial charge in [-0.15, -0.1) is 0 Å². The van der Waals surface area contributed by atoms with E-state index in [2.05, 4.69) is 16.2 Å². The summed E-state index contributed by atoms with van der Waals surface area (Å²) in [7, 11) is 0. The number of amides is 1. The van der Waals surface area contributed by atoms with Crippen molar-refractivity contribution in [2.75, 3.05) is 13.1 Å². The van der Waals surface area contributed by atoms with Gasteiger partial charge in [-0.05, 0) is 57.4 Å². The summed E-state index contributed by atoms with van der Waals surface area (Å²) in [5.74, 6) is 1.65. The lowest BCUT2D eigenvalue weighted by molar-refractivity contribution is 0.0710. The number of benzene rings is 2. The third-order valence-electron chi connectivity index (χ3n) is 5.43. The number of carbonyl (C=O) groups excluding carboxylic acids is 1. The Morgan fingerprint density at radius 2 is 1.71 bits per heavy atom. The minimum atomic E-state index is 0.110. The summed E-state index contributed by atoms with van der Waals surface area (Å²) in [6.45, 7) is 7.52. The highest BCUT2D eigenvalue weighted by Gasteiger charge is 2.28. The average molecular weight is 375 g/mol. The molecular formula is C23H25N3O2. The summed E-state index contributed by atoms with van der Waals surface area (Å²) < 4.78 is 5.51. The summed E-state index contributed by atoms with van der Waals surface area (Å²) in [4.78, 5) is 19.4. The zero-order valence-corrected chi connectivity index (χ0v) is 16.6. The highest BCUT2D eigenvalue weighted by atomic mass is 16.5. The normalized spacial score (nSPS) is 15.0. The van der Waals surface area contributed by atoms with Crippen LogP contribution in [-0.4, -0.2) is 34.0 Å². The molecule has 28 heavy (non-hydrogen) atoms. The van der Waals surface area contributed by atoms with Gasteiger partial charge in [-0.1, -0.05) is 40.5 Å². The Balaban J connectivity index is 1.43. The molecule has 1 amide bonds. The van der Waals surface area contributed by atoms with E-state index in [0.717, 1.165) is 46.5 Å². The van der Waals surface area contributed by atoms with Crippen molar-refractivity contribution in [2.45, 2.75) is 39.5 Å². The van der Waals surface area contributed by atoms with Crippen LogP contribution in [0.15, 0.2) is 47.0 Å². The maximum absolute atomic E-state index is 12.9. The van der Waals surface area contributed by atoms with Crippen LogP contribution in [0.2, 0.25) is 0 Å². The number of carbonyl (C=O) groups is 1. The van der Waals surface area contributed by atoms with Crippen molar-refractivity contribution in [2.24, 2.45) is 0 Å². The van der Waals surface area contributed by atoms with Gasteiger partial charge in [-0.3, -0.25) is 4.79 Å². The first-order valence-corrected chi connectivity index (χ1v) is 9.78. The summed E-state index contributed by atoms with van der Waals surface area (Å²) in [5, 5.41) is 4.22. The molecule has 144 valence electrons. The van der Waals surface area contributed by atoms with Crippen LogP contribution >= 0.6 is 0 Å². The first kappa shape index (κ1) is 18.4. The second-order valence-corrected chi connectivity index (χ2v) is 7.72. The van der Waals surface area contributed by atoms with Gasteiger partial charge in [0, 0.05) is 30.1 Å². The maximum Gasteiger partial charge on any atom is 0.258 e. The van der Waals surface area contributed by atoms with E-state index in [1.54, 1.807) is 0 Å². The Hall–Kier alpha value is -2.95. The molecule has 0 bridgehead atoms. The number of hydrogen-bond acceptors (Lipinski definition) is 4. The van der Waals surface area contributed by atoms with Gasteiger partial charge in [0.25, 0.3) is 11.8 Å². The molecule has 1 saturated heterocycles. The fourth-order valence-electron chi connectivity index (χ4n) is 3.94. The van der Waals surface area contributed by atoms with E-state index in [-0.39, 0.29) is 11.8 Å². The van der Waals surface area contributed by atoms with Crippen molar-refractivity contribution in [3.8, 4) is 11.5 Å². The van der Waals surface area contributed by atoms with E-state index in [9.17, 15) is 4.79 Å². The molecular weight excluding hydrogens is 350 g/mol. The number of likely N-dealkylation sites (tertiary alicyclic amines) is 1. The van der Waals surface area contributed by atoms with Crippen LogP contribution in [0.25, 0.3) is 11.5 Å². The van der Waals surface area contributed by atoms with Gasteiger partial charge in [0.15, 0.2) is 5.82 Å². The number of rotatable bonds is 3. The van der Waals surface area contributed by atoms with Gasteiger partial charge in [0.2, 0.25) is 0 Å². The monoisotopic (exact) mass is 375 g/mol. The number of hydrogen-bond donors (Lipinski definition) is 0. The van der Waals surface area contributed by atoms with Crippen molar-refractivity contribution in [1.82, 2.24) is 15.0 Å².